The van der Waals surface area contributed by atoms with E-state index in [-0.39, 0.29) is 22.7 Å². The molecule has 6 atom stereocenters. The van der Waals surface area contributed by atoms with Crippen LogP contribution in [-0.4, -0.2) is 6.17 Å². The van der Waals surface area contributed by atoms with Crippen LogP contribution in [0.2, 0.25) is 0 Å². The van der Waals surface area contributed by atoms with Crippen molar-refractivity contribution in [1.29, 1.82) is 5.26 Å². The zero-order valence-electron chi connectivity index (χ0n) is 20.6. The molecule has 2 fully saturated rings. The summed E-state index contributed by atoms with van der Waals surface area (Å²) in [6.07, 6.45) is 8.10. The maximum absolute atomic E-state index is 15.8. The Morgan fingerprint density at radius 3 is 1.94 bits per heavy atom. The van der Waals surface area contributed by atoms with Gasteiger partial charge in [-0.05, 0) is 85.9 Å². The van der Waals surface area contributed by atoms with Gasteiger partial charge in [0, 0.05) is 5.92 Å². The maximum atomic E-state index is 15.8. The lowest BCUT2D eigenvalue weighted by Crippen LogP contribution is -2.48. The van der Waals surface area contributed by atoms with Crippen LogP contribution in [-0.2, 0) is 0 Å². The molecule has 6 unspecified atom stereocenters. The molecule has 2 rings (SSSR count). The Morgan fingerprint density at radius 2 is 1.48 bits per heavy atom. The first-order valence-corrected chi connectivity index (χ1v) is 12.7. The fraction of sp³-hybridized carbons (Fsp3) is 0.889. The highest BCUT2D eigenvalue weighted by atomic mass is 19.2. The molecule has 0 amide bonds. The van der Waals surface area contributed by atoms with Crippen LogP contribution in [0.5, 0.6) is 0 Å². The summed E-state index contributed by atoms with van der Waals surface area (Å²) in [5, 5.41) is 8.73. The van der Waals surface area contributed by atoms with Gasteiger partial charge in [0.2, 0.25) is 5.83 Å². The van der Waals surface area contributed by atoms with E-state index in [4.69, 9.17) is 5.26 Å². The Balaban J connectivity index is 2.21. The van der Waals surface area contributed by atoms with Crippen LogP contribution in [0.4, 0.5) is 13.2 Å². The van der Waals surface area contributed by atoms with Gasteiger partial charge >= 0.3 is 0 Å². The fourth-order valence-electron chi connectivity index (χ4n) is 7.39. The third kappa shape index (κ3) is 5.01. The maximum Gasteiger partial charge on any atom is 0.231 e. The first-order chi connectivity index (χ1) is 14.6. The molecule has 0 aliphatic heterocycles. The van der Waals surface area contributed by atoms with Crippen molar-refractivity contribution >= 4 is 0 Å². The van der Waals surface area contributed by atoms with Crippen LogP contribution < -0.4 is 0 Å². The Hall–Kier alpha value is -0.980. The Bertz CT molecular complexity index is 656. The smallest absolute Gasteiger partial charge is 0.231 e. The number of nitrogens with zero attached hydrogens (tertiary/aromatic N) is 1. The van der Waals surface area contributed by atoms with Crippen molar-refractivity contribution in [1.82, 2.24) is 0 Å². The standard InChI is InChI=1S/C27H44F3N/c1-7-26(6,8-2)19-12-14-22(23(28)16-19)27(9-3,10-4)20-11-13-21(18(5)15-20)25(30)24(29)17-31/h18-23H,7-16H2,1-6H3/b25-24+. The lowest BCUT2D eigenvalue weighted by atomic mass is 9.52. The normalized spacial score (nSPS) is 33.5. The van der Waals surface area contributed by atoms with Gasteiger partial charge < -0.3 is 0 Å². The number of allylic oxidation sites excluding steroid dienone is 2. The Labute approximate surface area is 188 Å². The summed E-state index contributed by atoms with van der Waals surface area (Å²) in [6, 6.07) is 1.32. The van der Waals surface area contributed by atoms with Crippen molar-refractivity contribution in [3.8, 4) is 6.07 Å². The third-order valence-corrected chi connectivity index (χ3v) is 10.0. The average Bonchev–Trinajstić information content (AvgIpc) is 2.79. The van der Waals surface area contributed by atoms with Crippen molar-refractivity contribution in [2.45, 2.75) is 112 Å². The highest BCUT2D eigenvalue weighted by molar-refractivity contribution is 5.19. The highest BCUT2D eigenvalue weighted by Crippen LogP contribution is 2.58. The minimum atomic E-state index is -1.27. The van der Waals surface area contributed by atoms with Crippen LogP contribution in [0, 0.1) is 51.8 Å². The summed E-state index contributed by atoms with van der Waals surface area (Å²) in [7, 11) is 0. The molecule has 0 aromatic rings. The topological polar surface area (TPSA) is 23.8 Å². The number of alkyl halides is 1. The van der Waals surface area contributed by atoms with Gasteiger partial charge in [-0.3, -0.25) is 0 Å². The molecule has 0 bridgehead atoms. The van der Waals surface area contributed by atoms with Gasteiger partial charge in [0.1, 0.15) is 18.1 Å². The highest BCUT2D eigenvalue weighted by Gasteiger charge is 2.51. The summed E-state index contributed by atoms with van der Waals surface area (Å²) in [6.45, 7) is 13.1. The van der Waals surface area contributed by atoms with Crippen LogP contribution in [0.1, 0.15) is 106 Å². The molecule has 0 radical (unpaired) electrons. The van der Waals surface area contributed by atoms with E-state index in [1.165, 1.54) is 6.07 Å². The molecule has 0 aromatic heterocycles. The SMILES string of the molecule is CCC(C)(CC)C1CCC(C(CC)(CC)C2CCC(/C(F)=C(\F)C#N)C(C)C2)C(F)C1. The van der Waals surface area contributed by atoms with E-state index in [9.17, 15) is 8.78 Å². The van der Waals surface area contributed by atoms with Crippen LogP contribution in [0.3, 0.4) is 0 Å². The van der Waals surface area contributed by atoms with Gasteiger partial charge in [-0.15, -0.1) is 0 Å². The van der Waals surface area contributed by atoms with Crippen molar-refractivity contribution in [3.05, 3.63) is 11.7 Å². The molecule has 31 heavy (non-hydrogen) atoms. The molecule has 0 N–H and O–H groups in total. The van der Waals surface area contributed by atoms with Crippen molar-refractivity contribution in [3.63, 3.8) is 0 Å². The van der Waals surface area contributed by atoms with E-state index in [2.05, 4.69) is 34.6 Å². The molecule has 0 saturated heterocycles. The van der Waals surface area contributed by atoms with E-state index in [0.29, 0.717) is 24.7 Å². The van der Waals surface area contributed by atoms with Gasteiger partial charge in [0.05, 0.1) is 0 Å². The van der Waals surface area contributed by atoms with Crippen LogP contribution in [0.25, 0.3) is 0 Å². The lowest BCUT2D eigenvalue weighted by molar-refractivity contribution is -0.0655. The largest absolute Gasteiger partial charge is 0.247 e. The monoisotopic (exact) mass is 439 g/mol. The molecule has 2 aliphatic rings. The molecule has 0 aromatic carbocycles. The predicted octanol–water partition coefficient (Wildman–Crippen LogP) is 9.10. The molecular formula is C27H44F3N. The fourth-order valence-corrected chi connectivity index (χ4v) is 7.39. The van der Waals surface area contributed by atoms with Crippen molar-refractivity contribution in [2.75, 3.05) is 0 Å². The van der Waals surface area contributed by atoms with Gasteiger partial charge in [-0.25, -0.2) is 8.78 Å². The molecule has 178 valence electrons. The number of nitriles is 1. The van der Waals surface area contributed by atoms with Crippen LogP contribution in [0.15, 0.2) is 11.7 Å². The minimum absolute atomic E-state index is 0.0341. The van der Waals surface area contributed by atoms with E-state index in [1.54, 1.807) is 0 Å². The first-order valence-electron chi connectivity index (χ1n) is 12.7. The van der Waals surface area contributed by atoms with Crippen LogP contribution >= 0.6 is 0 Å². The Morgan fingerprint density at radius 1 is 0.903 bits per heavy atom. The minimum Gasteiger partial charge on any atom is -0.247 e. The molecule has 0 spiro atoms. The van der Waals surface area contributed by atoms with Gasteiger partial charge in [0.15, 0.2) is 0 Å². The summed E-state index contributed by atoms with van der Waals surface area (Å²) in [4.78, 5) is 0. The molecule has 0 heterocycles. The number of hydrogen-bond acceptors (Lipinski definition) is 1. The summed E-state index contributed by atoms with van der Waals surface area (Å²) < 4.78 is 43.8. The van der Waals surface area contributed by atoms with Gasteiger partial charge in [0.25, 0.3) is 0 Å². The summed E-state index contributed by atoms with van der Waals surface area (Å²) >= 11 is 0. The Kier molecular flexibility index (Phi) is 9.12. The summed E-state index contributed by atoms with van der Waals surface area (Å²) in [5.41, 5.74) is 0.143. The summed E-state index contributed by atoms with van der Waals surface area (Å²) in [5.74, 6) is -1.87. The second-order valence-electron chi connectivity index (χ2n) is 10.8. The third-order valence-electron chi connectivity index (χ3n) is 10.0. The van der Waals surface area contributed by atoms with Crippen molar-refractivity contribution < 1.29 is 13.2 Å². The van der Waals surface area contributed by atoms with Gasteiger partial charge in [-0.2, -0.15) is 9.65 Å². The lowest BCUT2D eigenvalue weighted by Gasteiger charge is -2.53. The molecular weight excluding hydrogens is 395 g/mol. The zero-order chi connectivity index (χ0) is 23.4. The zero-order valence-corrected chi connectivity index (χ0v) is 20.6. The number of rotatable bonds is 8. The predicted molar refractivity (Wildman–Crippen MR) is 122 cm³/mol. The molecule has 4 heteroatoms. The van der Waals surface area contributed by atoms with E-state index in [0.717, 1.165) is 51.4 Å². The second-order valence-corrected chi connectivity index (χ2v) is 10.8. The molecule has 1 nitrogen and oxygen atoms in total. The van der Waals surface area contributed by atoms with E-state index >= 15 is 4.39 Å². The van der Waals surface area contributed by atoms with E-state index < -0.39 is 23.7 Å². The van der Waals surface area contributed by atoms with Crippen molar-refractivity contribution in [2.24, 2.45) is 40.4 Å². The molecule has 2 saturated carbocycles. The van der Waals surface area contributed by atoms with E-state index in [1.807, 2.05) is 6.92 Å². The molecule has 2 aliphatic carbocycles. The second kappa shape index (κ2) is 10.8. The quantitative estimate of drug-likeness (QED) is 0.346. The number of halogens is 3. The average molecular weight is 440 g/mol. The van der Waals surface area contributed by atoms with Gasteiger partial charge in [-0.1, -0.05) is 54.4 Å². The number of hydrogen-bond donors (Lipinski definition) is 0. The first kappa shape index (κ1) is 26.3.